The summed E-state index contributed by atoms with van der Waals surface area (Å²) in [6.45, 7) is 11.4. The van der Waals surface area contributed by atoms with E-state index in [1.807, 2.05) is 6.92 Å². The number of thioether (sulfide) groups is 1. The van der Waals surface area contributed by atoms with Gasteiger partial charge >= 0.3 is 0 Å². The molecule has 5 fully saturated rings. The summed E-state index contributed by atoms with van der Waals surface area (Å²) in [6.07, 6.45) is 6.11. The monoisotopic (exact) mass is 1840 g/mol. The van der Waals surface area contributed by atoms with E-state index in [1.165, 1.54) is 45.2 Å². The van der Waals surface area contributed by atoms with Crippen molar-refractivity contribution in [3.8, 4) is 0 Å². The lowest BCUT2D eigenvalue weighted by Crippen LogP contribution is -2.61. The van der Waals surface area contributed by atoms with Gasteiger partial charge in [0.1, 0.15) is 96.7 Å². The number of rotatable bonds is 35. The quantitative estimate of drug-likeness (QED) is 0.0144. The minimum Gasteiger partial charge on any atom is -0.394 e. The number of benzene rings is 1. The van der Waals surface area contributed by atoms with Crippen LogP contribution in [0.5, 0.6) is 0 Å². The summed E-state index contributed by atoms with van der Waals surface area (Å²) < 4.78 is 0. The third kappa shape index (κ3) is 33.5. The molecule has 5 aliphatic heterocycles. The number of carbonyl (C=O) groups excluding carboxylic acids is 17. The van der Waals surface area contributed by atoms with Gasteiger partial charge in [-0.25, -0.2) is 0 Å². The third-order valence-corrected chi connectivity index (χ3v) is 26.1. The maximum absolute atomic E-state index is 15.5. The molecule has 40 nitrogen and oxygen atoms in total. The molecule has 5 heterocycles. The van der Waals surface area contributed by atoms with Gasteiger partial charge < -0.3 is 117 Å². The van der Waals surface area contributed by atoms with Crippen molar-refractivity contribution in [1.82, 2.24) is 88.7 Å². The fraction of sp³-hybridized carbons (Fsp3) is 0.714. The number of carbonyl (C=O) groups is 17. The first-order valence-electron chi connectivity index (χ1n) is 44.6. The van der Waals surface area contributed by atoms with E-state index >= 15 is 33.6 Å². The van der Waals surface area contributed by atoms with Crippen LogP contribution in [0.3, 0.4) is 0 Å². The molecule has 17 amide bonds. The first-order chi connectivity index (χ1) is 60.6. The number of hydrogen-bond acceptors (Lipinski definition) is 24. The summed E-state index contributed by atoms with van der Waals surface area (Å²) in [5.74, 6) is -14.4. The topological polar surface area (TPSA) is 608 Å². The number of unbranched alkanes of at least 4 members (excludes halogenated alkanes) is 3. The molecule has 710 valence electrons. The number of primary amides is 1. The van der Waals surface area contributed by atoms with Gasteiger partial charge in [0, 0.05) is 57.6 Å². The number of nitrogens with zero attached hydrogens (tertiary/aromatic N) is 4. The lowest BCUT2D eigenvalue weighted by molar-refractivity contribution is -0.147. The maximum Gasteiger partial charge on any atom is 0.246 e. The minimum absolute atomic E-state index is 0.00296. The molecule has 0 aromatic heterocycles. The normalized spacial score (nSPS) is 25.2. The van der Waals surface area contributed by atoms with E-state index in [2.05, 4.69) is 69.1 Å². The largest absolute Gasteiger partial charge is 0.394 e. The van der Waals surface area contributed by atoms with Crippen molar-refractivity contribution in [1.29, 1.82) is 5.41 Å². The molecule has 16 atom stereocenters. The Kier molecular flexibility index (Phi) is 45.7. The molecular weight excluding hydrogens is 1700 g/mol. The summed E-state index contributed by atoms with van der Waals surface area (Å²) in [6, 6.07) is -13.1. The van der Waals surface area contributed by atoms with Gasteiger partial charge in [0.15, 0.2) is 5.96 Å². The van der Waals surface area contributed by atoms with Gasteiger partial charge in [0.05, 0.1) is 6.61 Å². The number of amides is 17. The lowest BCUT2D eigenvalue weighted by atomic mass is 10.0. The molecule has 0 spiro atoms. The van der Waals surface area contributed by atoms with Gasteiger partial charge in [-0.15, -0.1) is 0 Å². The van der Waals surface area contributed by atoms with Crippen LogP contribution in [0.4, 0.5) is 0 Å². The van der Waals surface area contributed by atoms with E-state index in [-0.39, 0.29) is 152 Å². The van der Waals surface area contributed by atoms with Crippen LogP contribution in [0.15, 0.2) is 30.3 Å². The predicted octanol–water partition coefficient (Wildman–Crippen LogP) is -2.52. The molecule has 43 heteroatoms. The van der Waals surface area contributed by atoms with Gasteiger partial charge in [0.2, 0.25) is 100 Å². The highest BCUT2D eigenvalue weighted by Gasteiger charge is 2.47. The van der Waals surface area contributed by atoms with Crippen LogP contribution in [0.2, 0.25) is 0 Å². The summed E-state index contributed by atoms with van der Waals surface area (Å²) in [4.78, 5) is 253. The fourth-order valence-electron chi connectivity index (χ4n) is 16.1. The molecular formula is C84H138N22O18S3. The molecule has 127 heavy (non-hydrogen) atoms. The zero-order valence-corrected chi connectivity index (χ0v) is 77.0. The number of likely N-dealkylation sites (tertiary alicyclic amines) is 3. The van der Waals surface area contributed by atoms with Crippen LogP contribution >= 0.6 is 33.3 Å². The second kappa shape index (κ2) is 54.7. The van der Waals surface area contributed by atoms with E-state index in [0.717, 1.165) is 21.6 Å². The van der Waals surface area contributed by atoms with Crippen molar-refractivity contribution in [2.24, 2.45) is 34.8 Å². The van der Waals surface area contributed by atoms with Gasteiger partial charge in [-0.2, -0.15) is 11.8 Å². The number of nitrogens with one attached hydrogen (secondary N) is 14. The summed E-state index contributed by atoms with van der Waals surface area (Å²) >= 11 is 1.35. The number of nitrogens with two attached hydrogens (primary N) is 4. The Balaban J connectivity index is 1.48. The highest BCUT2D eigenvalue weighted by molar-refractivity contribution is 8.76. The van der Waals surface area contributed by atoms with E-state index in [1.54, 1.807) is 64.3 Å². The molecule has 1 aromatic rings. The number of aliphatic hydroxyl groups is 1. The van der Waals surface area contributed by atoms with Crippen molar-refractivity contribution in [2.45, 2.75) is 293 Å². The van der Waals surface area contributed by atoms with Crippen molar-refractivity contribution < 1.29 is 86.6 Å². The van der Waals surface area contributed by atoms with Crippen LogP contribution in [0, 0.1) is 17.2 Å². The number of hydrogen-bond donors (Lipinski definition) is 19. The third-order valence-electron chi connectivity index (χ3n) is 23.0. The molecule has 0 radical (unpaired) electrons. The van der Waals surface area contributed by atoms with Crippen LogP contribution in [-0.4, -0.2) is 304 Å². The molecule has 0 saturated carbocycles. The van der Waals surface area contributed by atoms with Crippen LogP contribution in [0.1, 0.15) is 195 Å². The molecule has 5 saturated heterocycles. The maximum atomic E-state index is 15.5. The Morgan fingerprint density at radius 3 is 1.75 bits per heavy atom. The smallest absolute Gasteiger partial charge is 0.246 e. The highest BCUT2D eigenvalue weighted by atomic mass is 33.1. The first kappa shape index (κ1) is 106. The summed E-state index contributed by atoms with van der Waals surface area (Å²) in [5.41, 5.74) is 23.8. The van der Waals surface area contributed by atoms with Crippen molar-refractivity contribution in [3.63, 3.8) is 0 Å². The van der Waals surface area contributed by atoms with Gasteiger partial charge in [0.25, 0.3) is 0 Å². The predicted molar refractivity (Wildman–Crippen MR) is 481 cm³/mol. The average molecular weight is 1840 g/mol. The average Bonchev–Trinajstić information content (AvgIpc) is 1.69. The standard InChI is InChI=1S/C84H138N22O18S3/c1-9-10-25-57-80(121)104-39-20-30-64(104)78(119)91-50(6)69(110)101-61(46-107)76(117)100-60(45-52-23-12-11-13-24-52)75(116)102-62(77(118)98-58(27-15-17-36-86)81(122)106-41-22-32-66(106)82(123)103-38-19-29-63(103)68(87)109)47-127-126-43-34-56(95-72(113)55(33-42-125-8)96-79(120)65-31-21-40-105(65)83(124)67(49(4)5)92-51(7)108)73(114)99-59(44-48(2)3)74(115)94-54(28-18-37-90-84(88)89)70(111)93-53(71(112)97-57)26-14-16-35-85/h11-13,23-24,48-50,53-67,107H,9-10,14-22,25-47,85-86H2,1-8H3,(H2,87,109)(H,91,119)(H,92,108)(H,93,111)(H,94,115)(H,95,113)(H,96,120)(H,97,112)(H,98,118)(H,99,114)(H,100,117)(H,101,110)(H,102,116)(H4,88,89,90)/t50?,53-,54-,55-,56?,57?,58?,59-,60-,61-,62-,63-,64-,65-,66-,67-/m0/s1. The van der Waals surface area contributed by atoms with E-state index < -0.39 is 204 Å². The van der Waals surface area contributed by atoms with Gasteiger partial charge in [-0.05, 0) is 178 Å². The Labute approximate surface area is 755 Å². The van der Waals surface area contributed by atoms with Crippen LogP contribution in [-0.2, 0) is 87.9 Å². The van der Waals surface area contributed by atoms with Crippen LogP contribution in [0.25, 0.3) is 0 Å². The molecule has 0 aliphatic carbocycles. The van der Waals surface area contributed by atoms with Gasteiger partial charge in [-0.1, -0.05) is 99.4 Å². The van der Waals surface area contributed by atoms with Crippen molar-refractivity contribution >= 4 is 140 Å². The second-order valence-corrected chi connectivity index (χ2v) is 37.4. The Hall–Kier alpha value is -9.59. The van der Waals surface area contributed by atoms with Crippen molar-refractivity contribution in [3.05, 3.63) is 35.9 Å². The molecule has 23 N–H and O–H groups in total. The van der Waals surface area contributed by atoms with E-state index in [9.17, 15) is 53.1 Å². The Morgan fingerprint density at radius 1 is 0.575 bits per heavy atom. The number of fused-ring (bicyclic) bond motifs is 1. The zero-order chi connectivity index (χ0) is 93.6. The van der Waals surface area contributed by atoms with E-state index in [4.69, 9.17) is 28.3 Å². The summed E-state index contributed by atoms with van der Waals surface area (Å²) in [7, 11) is 2.04. The molecule has 5 aliphatic rings. The Bertz CT molecular complexity index is 3910. The number of guanidine groups is 1. The van der Waals surface area contributed by atoms with Gasteiger partial charge in [-0.3, -0.25) is 86.9 Å². The second-order valence-electron chi connectivity index (χ2n) is 33.8. The summed E-state index contributed by atoms with van der Waals surface area (Å²) in [5, 5.41) is 54.2. The van der Waals surface area contributed by atoms with E-state index in [0.29, 0.717) is 81.9 Å². The zero-order valence-electron chi connectivity index (χ0n) is 74.5. The van der Waals surface area contributed by atoms with Crippen LogP contribution < -0.4 is 92.1 Å². The molecule has 6 rings (SSSR count). The minimum atomic E-state index is -1.79. The Morgan fingerprint density at radius 2 is 1.13 bits per heavy atom. The number of aliphatic hydroxyl groups excluding tert-OH is 1. The molecule has 1 aromatic carbocycles. The molecule has 4 unspecified atom stereocenters. The highest BCUT2D eigenvalue weighted by Crippen LogP contribution is 2.29. The SMILES string of the molecule is CCCCC1NC(=O)[C@H](CCCCN)NC(=O)[C@H](CCCNC(=N)N)NC(=O)[C@H](CC(C)C)NC(=O)C(NC(=O)[C@H](CCSC)NC(=O)[C@@H]2CCCN2C(=O)[C@@H](NC(C)=O)C(C)C)CCSSC[C@@H](C(=O)NC(CCCCN)C(=O)N2CCC[C@H]2C(=O)N2CCC[C@H]2C(N)=O)NC(=O)[C@H](Cc2ccccc2)NC(=O)[C@H](CO)NC(=O)C(C)NC(=O)[C@@H]2CCCN2C1=O. The lowest BCUT2D eigenvalue weighted by Gasteiger charge is -2.33. The molecule has 0 bridgehead atoms. The first-order valence-corrected chi connectivity index (χ1v) is 48.4. The fourth-order valence-corrected chi connectivity index (χ4v) is 18.8. The van der Waals surface area contributed by atoms with Crippen molar-refractivity contribution in [2.75, 3.05) is 75.9 Å².